The molecule has 4 heterocycles. The van der Waals surface area contributed by atoms with Crippen molar-refractivity contribution in [3.8, 4) is 17.5 Å². The highest BCUT2D eigenvalue weighted by molar-refractivity contribution is 6.03. The van der Waals surface area contributed by atoms with Gasteiger partial charge >= 0.3 is 6.09 Å². The SMILES string of the molecule is Cc1nc2cnc3ccc(C#Cc4cccnc4)cc3c2n1-c1ccc(N2CCOC2=O)cc1. The van der Waals surface area contributed by atoms with E-state index < -0.39 is 0 Å². The lowest BCUT2D eigenvalue weighted by molar-refractivity contribution is 0.181. The van der Waals surface area contributed by atoms with Gasteiger partial charge in [-0.2, -0.15) is 0 Å². The van der Waals surface area contributed by atoms with Crippen molar-refractivity contribution in [2.75, 3.05) is 18.1 Å². The van der Waals surface area contributed by atoms with Crippen LogP contribution in [-0.4, -0.2) is 38.8 Å². The van der Waals surface area contributed by atoms with Crippen molar-refractivity contribution in [2.24, 2.45) is 0 Å². The van der Waals surface area contributed by atoms with E-state index in [2.05, 4.69) is 32.4 Å². The number of amides is 1. The Morgan fingerprint density at radius 2 is 1.76 bits per heavy atom. The Labute approximate surface area is 195 Å². The van der Waals surface area contributed by atoms with Gasteiger partial charge in [0, 0.05) is 40.3 Å². The van der Waals surface area contributed by atoms with Gasteiger partial charge in [-0.15, -0.1) is 0 Å². The van der Waals surface area contributed by atoms with Crippen molar-refractivity contribution in [3.05, 3.63) is 90.1 Å². The number of ether oxygens (including phenoxy) is 1. The van der Waals surface area contributed by atoms with Crippen LogP contribution in [0.1, 0.15) is 17.0 Å². The van der Waals surface area contributed by atoms with Crippen LogP contribution < -0.4 is 4.90 Å². The van der Waals surface area contributed by atoms with Crippen molar-refractivity contribution < 1.29 is 9.53 Å². The fraction of sp³-hybridized carbons (Fsp3) is 0.111. The number of hydrogen-bond donors (Lipinski definition) is 0. The topological polar surface area (TPSA) is 73.1 Å². The summed E-state index contributed by atoms with van der Waals surface area (Å²) in [5, 5.41) is 0.975. The van der Waals surface area contributed by atoms with E-state index in [1.807, 2.05) is 55.5 Å². The second-order valence-electron chi connectivity index (χ2n) is 7.99. The van der Waals surface area contributed by atoms with E-state index >= 15 is 0 Å². The van der Waals surface area contributed by atoms with Crippen molar-refractivity contribution in [2.45, 2.75) is 6.92 Å². The second kappa shape index (κ2) is 8.01. The molecule has 0 spiro atoms. The van der Waals surface area contributed by atoms with Crippen LogP contribution in [0.3, 0.4) is 0 Å². The molecule has 0 atom stereocenters. The maximum atomic E-state index is 11.9. The van der Waals surface area contributed by atoms with E-state index in [0.717, 1.165) is 50.3 Å². The molecule has 1 fully saturated rings. The lowest BCUT2D eigenvalue weighted by Gasteiger charge is -2.14. The van der Waals surface area contributed by atoms with Gasteiger partial charge in [0.05, 0.1) is 23.8 Å². The van der Waals surface area contributed by atoms with Crippen LogP contribution >= 0.6 is 0 Å². The first-order valence-electron chi connectivity index (χ1n) is 10.9. The molecule has 5 aromatic rings. The van der Waals surface area contributed by atoms with Gasteiger partial charge in [0.1, 0.15) is 17.9 Å². The minimum Gasteiger partial charge on any atom is -0.447 e. The largest absolute Gasteiger partial charge is 0.447 e. The van der Waals surface area contributed by atoms with Gasteiger partial charge in [-0.05, 0) is 61.5 Å². The highest BCUT2D eigenvalue weighted by atomic mass is 16.6. The Bertz CT molecular complexity index is 1610. The fourth-order valence-corrected chi connectivity index (χ4v) is 4.26. The first-order valence-corrected chi connectivity index (χ1v) is 10.9. The number of aromatic nitrogens is 4. The average Bonchev–Trinajstić information content (AvgIpc) is 3.45. The summed E-state index contributed by atoms with van der Waals surface area (Å²) in [6.45, 7) is 2.95. The molecule has 1 aliphatic heterocycles. The average molecular weight is 445 g/mol. The Kier molecular flexibility index (Phi) is 4.70. The lowest BCUT2D eigenvalue weighted by atomic mass is 10.1. The molecule has 2 aromatic carbocycles. The molecule has 3 aromatic heterocycles. The summed E-state index contributed by atoms with van der Waals surface area (Å²) in [6, 6.07) is 17.7. The molecule has 0 bridgehead atoms. The van der Waals surface area contributed by atoms with Gasteiger partial charge in [0.15, 0.2) is 0 Å². The van der Waals surface area contributed by atoms with Crippen molar-refractivity contribution in [3.63, 3.8) is 0 Å². The summed E-state index contributed by atoms with van der Waals surface area (Å²) in [5.74, 6) is 7.25. The number of anilines is 1. The first kappa shape index (κ1) is 19.9. The Hall–Kier alpha value is -4.70. The van der Waals surface area contributed by atoms with Gasteiger partial charge in [-0.3, -0.25) is 19.4 Å². The van der Waals surface area contributed by atoms with Gasteiger partial charge < -0.3 is 4.74 Å². The number of cyclic esters (lactones) is 1. The molecule has 0 aliphatic carbocycles. The smallest absolute Gasteiger partial charge is 0.414 e. The third-order valence-electron chi connectivity index (χ3n) is 5.84. The number of carbonyl (C=O) groups excluding carboxylic acids is 1. The fourth-order valence-electron chi connectivity index (χ4n) is 4.26. The number of rotatable bonds is 2. The van der Waals surface area contributed by atoms with Crippen molar-refractivity contribution in [1.82, 2.24) is 19.5 Å². The van der Waals surface area contributed by atoms with Crippen molar-refractivity contribution in [1.29, 1.82) is 0 Å². The zero-order valence-corrected chi connectivity index (χ0v) is 18.4. The maximum Gasteiger partial charge on any atom is 0.414 e. The summed E-state index contributed by atoms with van der Waals surface area (Å²) >= 11 is 0. The molecule has 0 radical (unpaired) electrons. The molecule has 6 rings (SSSR count). The quantitative estimate of drug-likeness (QED) is 0.370. The summed E-state index contributed by atoms with van der Waals surface area (Å²) in [6.07, 6.45) is 4.97. The van der Waals surface area contributed by atoms with Crippen LogP contribution in [0.15, 0.2) is 73.2 Å². The molecular formula is C27H19N5O2. The predicted molar refractivity (Wildman–Crippen MR) is 130 cm³/mol. The van der Waals surface area contributed by atoms with Crippen LogP contribution in [0, 0.1) is 18.8 Å². The number of nitrogens with zero attached hydrogens (tertiary/aromatic N) is 5. The van der Waals surface area contributed by atoms with E-state index in [0.29, 0.717) is 13.2 Å². The third kappa shape index (κ3) is 3.42. The number of hydrogen-bond acceptors (Lipinski definition) is 5. The van der Waals surface area contributed by atoms with Crippen LogP contribution in [0.4, 0.5) is 10.5 Å². The number of fused-ring (bicyclic) bond motifs is 3. The first-order chi connectivity index (χ1) is 16.7. The predicted octanol–water partition coefficient (Wildman–Crippen LogP) is 4.63. The molecule has 34 heavy (non-hydrogen) atoms. The number of pyridine rings is 2. The van der Waals surface area contributed by atoms with Gasteiger partial charge in [-0.1, -0.05) is 11.8 Å². The molecule has 164 valence electrons. The summed E-state index contributed by atoms with van der Waals surface area (Å²) in [7, 11) is 0. The van der Waals surface area contributed by atoms with Gasteiger partial charge in [-0.25, -0.2) is 9.78 Å². The highest BCUT2D eigenvalue weighted by Crippen LogP contribution is 2.29. The second-order valence-corrected chi connectivity index (χ2v) is 7.99. The number of imidazole rings is 1. The minimum atomic E-state index is -0.311. The Balaban J connectivity index is 1.47. The number of benzene rings is 2. The lowest BCUT2D eigenvalue weighted by Crippen LogP contribution is -2.23. The minimum absolute atomic E-state index is 0.311. The molecule has 7 nitrogen and oxygen atoms in total. The third-order valence-corrected chi connectivity index (χ3v) is 5.84. The van der Waals surface area contributed by atoms with E-state index in [-0.39, 0.29) is 6.09 Å². The molecule has 0 unspecified atom stereocenters. The summed E-state index contributed by atoms with van der Waals surface area (Å²) in [4.78, 5) is 27.0. The summed E-state index contributed by atoms with van der Waals surface area (Å²) in [5.41, 5.74) is 6.18. The van der Waals surface area contributed by atoms with E-state index in [1.165, 1.54) is 0 Å². The van der Waals surface area contributed by atoms with Crippen LogP contribution in [0.25, 0.3) is 27.6 Å². The molecular weight excluding hydrogens is 426 g/mol. The van der Waals surface area contributed by atoms with Gasteiger partial charge in [0.25, 0.3) is 0 Å². The van der Waals surface area contributed by atoms with E-state index in [4.69, 9.17) is 9.72 Å². The summed E-state index contributed by atoms with van der Waals surface area (Å²) < 4.78 is 7.17. The molecule has 1 saturated heterocycles. The molecule has 0 N–H and O–H groups in total. The zero-order valence-electron chi connectivity index (χ0n) is 18.4. The normalized spacial score (nSPS) is 13.2. The van der Waals surface area contributed by atoms with Crippen molar-refractivity contribution >= 4 is 33.7 Å². The number of aryl methyl sites for hydroxylation is 1. The van der Waals surface area contributed by atoms with Crippen LogP contribution in [0.5, 0.6) is 0 Å². The van der Waals surface area contributed by atoms with Crippen LogP contribution in [-0.2, 0) is 4.74 Å². The standard InChI is InChI=1S/C27H19N5O2/c1-18-30-25-17-29-24-11-6-19(4-5-20-3-2-12-28-16-20)15-23(24)26(25)32(18)22-9-7-21(8-10-22)31-13-14-34-27(31)33/h2-3,6-12,15-17H,13-14H2,1H3. The molecule has 1 aliphatic rings. The number of carbonyl (C=O) groups is 1. The van der Waals surface area contributed by atoms with E-state index in [1.54, 1.807) is 23.5 Å². The zero-order chi connectivity index (χ0) is 23.1. The Morgan fingerprint density at radius 1 is 0.941 bits per heavy atom. The van der Waals surface area contributed by atoms with Gasteiger partial charge in [0.2, 0.25) is 0 Å². The monoisotopic (exact) mass is 445 g/mol. The molecule has 7 heteroatoms. The molecule has 0 saturated carbocycles. The Morgan fingerprint density at radius 3 is 2.53 bits per heavy atom. The van der Waals surface area contributed by atoms with E-state index in [9.17, 15) is 4.79 Å². The van der Waals surface area contributed by atoms with Crippen LogP contribution in [0.2, 0.25) is 0 Å². The maximum absolute atomic E-state index is 11.9. The molecule has 1 amide bonds. The highest BCUT2D eigenvalue weighted by Gasteiger charge is 2.23.